The van der Waals surface area contributed by atoms with E-state index >= 15 is 0 Å². The number of nitrogens with zero attached hydrogens (tertiary/aromatic N) is 3. The number of hydrogen-bond donors (Lipinski definition) is 1. The van der Waals surface area contributed by atoms with Crippen LogP contribution in [0.15, 0.2) is 58.4 Å². The summed E-state index contributed by atoms with van der Waals surface area (Å²) in [7, 11) is 0. The summed E-state index contributed by atoms with van der Waals surface area (Å²) >= 11 is 0. The molecule has 1 amide bonds. The highest BCUT2D eigenvalue weighted by molar-refractivity contribution is 6.06. The molecule has 2 aromatic carbocycles. The SMILES string of the molecule is CCCC/C(=N/NC(=O)c1nn(CC)c(=O)c2ccccc12)c1ccc(F)cc1. The van der Waals surface area contributed by atoms with Crippen LogP contribution in [0.3, 0.4) is 0 Å². The van der Waals surface area contributed by atoms with Gasteiger partial charge in [-0.1, -0.05) is 43.7 Å². The van der Waals surface area contributed by atoms with Gasteiger partial charge in [0, 0.05) is 11.9 Å². The van der Waals surface area contributed by atoms with Gasteiger partial charge in [-0.15, -0.1) is 0 Å². The smallest absolute Gasteiger partial charge is 0.267 e. The first-order valence-electron chi connectivity index (χ1n) is 9.67. The maximum Gasteiger partial charge on any atom is 0.292 e. The van der Waals surface area contributed by atoms with Crippen LogP contribution < -0.4 is 11.0 Å². The molecule has 150 valence electrons. The number of carbonyl (C=O) groups excluding carboxylic acids is 1. The first-order valence-corrected chi connectivity index (χ1v) is 9.67. The fourth-order valence-corrected chi connectivity index (χ4v) is 3.04. The molecule has 0 aliphatic heterocycles. The number of carbonyl (C=O) groups is 1. The highest BCUT2D eigenvalue weighted by atomic mass is 19.1. The van der Waals surface area contributed by atoms with Crippen LogP contribution in [0.2, 0.25) is 0 Å². The Balaban J connectivity index is 1.96. The van der Waals surface area contributed by atoms with Gasteiger partial charge in [0.1, 0.15) is 5.82 Å². The number of benzene rings is 2. The molecule has 29 heavy (non-hydrogen) atoms. The molecule has 7 heteroatoms. The van der Waals surface area contributed by atoms with Gasteiger partial charge in [-0.2, -0.15) is 10.2 Å². The third-order valence-corrected chi connectivity index (χ3v) is 4.62. The Morgan fingerprint density at radius 3 is 2.45 bits per heavy atom. The van der Waals surface area contributed by atoms with Crippen molar-refractivity contribution in [3.63, 3.8) is 0 Å². The van der Waals surface area contributed by atoms with Crippen molar-refractivity contribution >= 4 is 22.4 Å². The number of aromatic nitrogens is 2. The fourth-order valence-electron chi connectivity index (χ4n) is 3.04. The number of unbranched alkanes of at least 4 members (excludes halogenated alkanes) is 1. The predicted octanol–water partition coefficient (Wildman–Crippen LogP) is 3.88. The van der Waals surface area contributed by atoms with Crippen molar-refractivity contribution in [2.75, 3.05) is 0 Å². The Hall–Kier alpha value is -3.35. The van der Waals surface area contributed by atoms with Crippen molar-refractivity contribution in [1.82, 2.24) is 15.2 Å². The minimum Gasteiger partial charge on any atom is -0.267 e. The summed E-state index contributed by atoms with van der Waals surface area (Å²) < 4.78 is 14.5. The summed E-state index contributed by atoms with van der Waals surface area (Å²) in [5.74, 6) is -0.829. The zero-order valence-electron chi connectivity index (χ0n) is 16.5. The Morgan fingerprint density at radius 1 is 1.10 bits per heavy atom. The Bertz CT molecular complexity index is 1100. The molecule has 0 saturated carbocycles. The van der Waals surface area contributed by atoms with Crippen LogP contribution in [-0.2, 0) is 6.54 Å². The van der Waals surface area contributed by atoms with E-state index in [4.69, 9.17) is 0 Å². The maximum absolute atomic E-state index is 13.2. The average molecular weight is 394 g/mol. The van der Waals surface area contributed by atoms with Gasteiger partial charge in [0.2, 0.25) is 0 Å². The summed E-state index contributed by atoms with van der Waals surface area (Å²) in [6.45, 7) is 4.20. The van der Waals surface area contributed by atoms with E-state index in [2.05, 4.69) is 22.5 Å². The molecule has 1 N–H and O–H groups in total. The van der Waals surface area contributed by atoms with Crippen molar-refractivity contribution in [2.24, 2.45) is 5.10 Å². The van der Waals surface area contributed by atoms with Crippen LogP contribution in [0.1, 0.15) is 49.2 Å². The predicted molar refractivity (Wildman–Crippen MR) is 112 cm³/mol. The number of nitrogens with one attached hydrogen (secondary N) is 1. The highest BCUT2D eigenvalue weighted by Crippen LogP contribution is 2.14. The van der Waals surface area contributed by atoms with E-state index < -0.39 is 5.91 Å². The molecule has 0 atom stereocenters. The first-order chi connectivity index (χ1) is 14.0. The lowest BCUT2D eigenvalue weighted by Gasteiger charge is -2.10. The van der Waals surface area contributed by atoms with E-state index in [1.165, 1.54) is 16.8 Å². The first kappa shape index (κ1) is 20.4. The van der Waals surface area contributed by atoms with Crippen LogP contribution in [0, 0.1) is 5.82 Å². The molecule has 0 spiro atoms. The minimum absolute atomic E-state index is 0.139. The zero-order chi connectivity index (χ0) is 20.8. The molecule has 0 aliphatic rings. The lowest BCUT2D eigenvalue weighted by molar-refractivity contribution is 0.0949. The highest BCUT2D eigenvalue weighted by Gasteiger charge is 2.16. The molecular formula is C22H23FN4O2. The number of fused-ring (bicyclic) bond motifs is 1. The second kappa shape index (κ2) is 9.23. The van der Waals surface area contributed by atoms with Gasteiger partial charge in [-0.05, 0) is 43.5 Å². The van der Waals surface area contributed by atoms with Crippen LogP contribution in [0.5, 0.6) is 0 Å². The average Bonchev–Trinajstić information content (AvgIpc) is 2.75. The van der Waals surface area contributed by atoms with E-state index in [-0.39, 0.29) is 17.1 Å². The van der Waals surface area contributed by atoms with Gasteiger partial charge in [-0.3, -0.25) is 9.59 Å². The van der Waals surface area contributed by atoms with E-state index in [0.717, 1.165) is 18.4 Å². The number of hydrogen-bond acceptors (Lipinski definition) is 4. The third kappa shape index (κ3) is 4.56. The summed E-state index contributed by atoms with van der Waals surface area (Å²) in [5.41, 5.74) is 3.87. The molecule has 1 aromatic heterocycles. The number of rotatable bonds is 7. The number of hydrazone groups is 1. The second-order valence-corrected chi connectivity index (χ2v) is 6.62. The topological polar surface area (TPSA) is 76.3 Å². The van der Waals surface area contributed by atoms with Gasteiger partial charge in [0.25, 0.3) is 11.5 Å². The van der Waals surface area contributed by atoms with E-state index in [9.17, 15) is 14.0 Å². The lowest BCUT2D eigenvalue weighted by Crippen LogP contribution is -2.29. The van der Waals surface area contributed by atoms with E-state index in [1.807, 2.05) is 0 Å². The number of aryl methyl sites for hydroxylation is 1. The molecule has 1 heterocycles. The lowest BCUT2D eigenvalue weighted by atomic mass is 10.0. The van der Waals surface area contributed by atoms with Gasteiger partial charge in [-0.25, -0.2) is 14.5 Å². The molecule has 3 aromatic rings. The van der Waals surface area contributed by atoms with Crippen LogP contribution in [0.4, 0.5) is 4.39 Å². The summed E-state index contributed by atoms with van der Waals surface area (Å²) in [6, 6.07) is 12.9. The van der Waals surface area contributed by atoms with Crippen molar-refractivity contribution in [1.29, 1.82) is 0 Å². The molecule has 0 aliphatic carbocycles. The summed E-state index contributed by atoms with van der Waals surface area (Å²) in [5, 5.41) is 9.42. The molecule has 6 nitrogen and oxygen atoms in total. The van der Waals surface area contributed by atoms with E-state index in [1.54, 1.807) is 43.3 Å². The molecule has 0 fully saturated rings. The van der Waals surface area contributed by atoms with Crippen LogP contribution in [0.25, 0.3) is 10.8 Å². The molecular weight excluding hydrogens is 371 g/mol. The molecule has 3 rings (SSSR count). The third-order valence-electron chi connectivity index (χ3n) is 4.62. The van der Waals surface area contributed by atoms with Gasteiger partial charge < -0.3 is 0 Å². The molecule has 0 unspecified atom stereocenters. The van der Waals surface area contributed by atoms with Crippen LogP contribution >= 0.6 is 0 Å². The Morgan fingerprint density at radius 2 is 1.79 bits per heavy atom. The van der Waals surface area contributed by atoms with E-state index in [0.29, 0.717) is 29.4 Å². The molecule has 0 radical (unpaired) electrons. The Kier molecular flexibility index (Phi) is 6.49. The zero-order valence-corrected chi connectivity index (χ0v) is 16.5. The number of amides is 1. The van der Waals surface area contributed by atoms with Gasteiger partial charge in [0.05, 0.1) is 11.1 Å². The number of halogens is 1. The normalized spacial score (nSPS) is 11.6. The van der Waals surface area contributed by atoms with Crippen molar-refractivity contribution < 1.29 is 9.18 Å². The summed E-state index contributed by atoms with van der Waals surface area (Å²) in [4.78, 5) is 25.3. The second-order valence-electron chi connectivity index (χ2n) is 6.62. The van der Waals surface area contributed by atoms with Gasteiger partial charge >= 0.3 is 0 Å². The van der Waals surface area contributed by atoms with Gasteiger partial charge in [0.15, 0.2) is 5.69 Å². The van der Waals surface area contributed by atoms with Crippen molar-refractivity contribution in [3.05, 3.63) is 76.0 Å². The van der Waals surface area contributed by atoms with Crippen LogP contribution in [-0.4, -0.2) is 21.4 Å². The van der Waals surface area contributed by atoms with Crippen molar-refractivity contribution in [2.45, 2.75) is 39.7 Å². The molecule has 0 bridgehead atoms. The standard InChI is InChI=1S/C22H23FN4O2/c1-3-5-10-19(15-11-13-16(23)14-12-15)24-25-21(28)20-17-8-6-7-9-18(17)22(29)27(4-2)26-20/h6-9,11-14H,3-5,10H2,1-2H3,(H,25,28)/b24-19-. The largest absolute Gasteiger partial charge is 0.292 e. The fraction of sp³-hybridized carbons (Fsp3) is 0.273. The minimum atomic E-state index is -0.500. The molecule has 0 saturated heterocycles. The Labute approximate surface area is 168 Å². The monoisotopic (exact) mass is 394 g/mol. The maximum atomic E-state index is 13.2. The summed E-state index contributed by atoms with van der Waals surface area (Å²) in [6.07, 6.45) is 2.49. The van der Waals surface area contributed by atoms with Crippen molar-refractivity contribution in [3.8, 4) is 0 Å². The quantitative estimate of drug-likeness (QED) is 0.488.